The standard InChI is InChI=1S/C51H76N2O5/c1-5-9-15-35(7-3)29-47(55-39-21-19-37-31-45-41-17-11-13-23-50(41,25-27-52-45)43(37)33-39)57-49(54)58-48(30-36(8-4)16-10-6-2)56-40-22-20-38-32-46-42-18-12-14-24-51(42,26-28-53-46)44(38)34-40/h19-22,33-36,41-42,45-48,52-53H,5-18,23-32H2,1-4H3/t35?,36?,41-,42-,45+,46+,47?,48?,50+,51+/m0/s1. The molecule has 6 aliphatic rings. The molecule has 0 amide bonds. The molecule has 0 radical (unpaired) electrons. The predicted octanol–water partition coefficient (Wildman–Crippen LogP) is 11.9. The Morgan fingerprint density at radius 3 is 1.55 bits per heavy atom. The zero-order valence-electron chi connectivity index (χ0n) is 36.6. The van der Waals surface area contributed by atoms with Gasteiger partial charge in [0.2, 0.25) is 12.6 Å². The first-order valence-electron chi connectivity index (χ1n) is 24.3. The molecule has 2 heterocycles. The maximum Gasteiger partial charge on any atom is 0.514 e. The number of rotatable bonds is 18. The molecule has 8 rings (SSSR count). The number of unbranched alkanes of at least 4 members (excludes halogenated alkanes) is 2. The van der Waals surface area contributed by atoms with Crippen molar-refractivity contribution in [3.05, 3.63) is 58.7 Å². The van der Waals surface area contributed by atoms with E-state index < -0.39 is 18.7 Å². The fourth-order valence-electron chi connectivity index (χ4n) is 13.2. The van der Waals surface area contributed by atoms with Gasteiger partial charge in [0.25, 0.3) is 0 Å². The summed E-state index contributed by atoms with van der Waals surface area (Å²) >= 11 is 0. The predicted molar refractivity (Wildman–Crippen MR) is 233 cm³/mol. The number of piperidine rings is 2. The van der Waals surface area contributed by atoms with Gasteiger partial charge in [-0.3, -0.25) is 0 Å². The monoisotopic (exact) mass is 797 g/mol. The average molecular weight is 797 g/mol. The number of fused-ring (bicyclic) bond motifs is 2. The Hall–Kier alpha value is -2.77. The van der Waals surface area contributed by atoms with Gasteiger partial charge in [-0.05, 0) is 135 Å². The summed E-state index contributed by atoms with van der Waals surface area (Å²) in [6.45, 7) is 11.1. The van der Waals surface area contributed by atoms with Gasteiger partial charge in [0.15, 0.2) is 0 Å². The van der Waals surface area contributed by atoms with Crippen molar-refractivity contribution < 1.29 is 23.7 Å². The third-order valence-corrected chi connectivity index (χ3v) is 16.4. The van der Waals surface area contributed by atoms with Crippen LogP contribution in [0.2, 0.25) is 0 Å². The molecule has 2 aromatic carbocycles. The third-order valence-electron chi connectivity index (χ3n) is 16.4. The lowest BCUT2D eigenvalue weighted by molar-refractivity contribution is -0.120. The Balaban J connectivity index is 1.03. The lowest BCUT2D eigenvalue weighted by Crippen LogP contribution is -2.59. The van der Waals surface area contributed by atoms with E-state index in [1.165, 1.54) is 86.5 Å². The molecule has 4 bridgehead atoms. The van der Waals surface area contributed by atoms with Crippen molar-refractivity contribution in [3.8, 4) is 11.5 Å². The van der Waals surface area contributed by atoms with Crippen LogP contribution in [0.4, 0.5) is 4.79 Å². The molecule has 10 atom stereocenters. The Labute approximate surface area is 350 Å². The molecule has 0 spiro atoms. The smallest absolute Gasteiger partial charge is 0.455 e. The second-order valence-electron chi connectivity index (χ2n) is 19.6. The maximum atomic E-state index is 14.1. The molecule has 2 saturated heterocycles. The van der Waals surface area contributed by atoms with Crippen LogP contribution in [-0.4, -0.2) is 43.9 Å². The van der Waals surface area contributed by atoms with Gasteiger partial charge in [0, 0.05) is 35.8 Å². The molecule has 7 nitrogen and oxygen atoms in total. The minimum absolute atomic E-state index is 0.228. The SMILES string of the molecule is CCCCC(CC)CC(OC(=O)OC(CC(CC)CCCC)Oc1ccc2c(c1)[C@@]13CCCC[C@H]1[C@@H](C2)NCC3)Oc1ccc2c(c1)[C@@]13CCCC[C@H]1[C@@H](C2)NCC3. The van der Waals surface area contributed by atoms with Crippen molar-refractivity contribution in [1.29, 1.82) is 0 Å². The van der Waals surface area contributed by atoms with Gasteiger partial charge in [-0.2, -0.15) is 0 Å². The Bertz CT molecular complexity index is 1550. The molecular formula is C51H76N2O5. The first-order valence-corrected chi connectivity index (χ1v) is 24.3. The summed E-state index contributed by atoms with van der Waals surface area (Å²) in [5, 5.41) is 7.74. The third kappa shape index (κ3) is 8.70. The van der Waals surface area contributed by atoms with Crippen LogP contribution in [0.15, 0.2) is 36.4 Å². The molecule has 58 heavy (non-hydrogen) atoms. The van der Waals surface area contributed by atoms with Crippen molar-refractivity contribution in [1.82, 2.24) is 10.6 Å². The minimum Gasteiger partial charge on any atom is -0.455 e. The largest absolute Gasteiger partial charge is 0.514 e. The molecule has 4 unspecified atom stereocenters. The molecule has 7 heteroatoms. The lowest BCUT2D eigenvalue weighted by Gasteiger charge is -2.56. The van der Waals surface area contributed by atoms with Crippen LogP contribution >= 0.6 is 0 Å². The van der Waals surface area contributed by atoms with Crippen molar-refractivity contribution in [2.75, 3.05) is 13.1 Å². The quantitative estimate of drug-likeness (QED) is 0.115. The van der Waals surface area contributed by atoms with Gasteiger partial charge in [-0.15, -0.1) is 0 Å². The topological polar surface area (TPSA) is 78.1 Å². The number of nitrogens with one attached hydrogen (secondary N) is 2. The normalized spacial score (nSPS) is 30.3. The highest BCUT2D eigenvalue weighted by atomic mass is 16.8. The van der Waals surface area contributed by atoms with Gasteiger partial charge >= 0.3 is 6.16 Å². The molecule has 4 aliphatic carbocycles. The van der Waals surface area contributed by atoms with Crippen molar-refractivity contribution in [2.24, 2.45) is 23.7 Å². The summed E-state index contributed by atoms with van der Waals surface area (Å²) in [6.07, 6.45) is 22.9. The van der Waals surface area contributed by atoms with Crippen LogP contribution in [0.1, 0.15) is 178 Å². The highest BCUT2D eigenvalue weighted by Gasteiger charge is 2.53. The van der Waals surface area contributed by atoms with E-state index in [1.54, 1.807) is 0 Å². The van der Waals surface area contributed by atoms with E-state index in [-0.39, 0.29) is 10.8 Å². The highest BCUT2D eigenvalue weighted by molar-refractivity contribution is 5.60. The fourth-order valence-corrected chi connectivity index (χ4v) is 13.2. The van der Waals surface area contributed by atoms with E-state index in [9.17, 15) is 4.79 Å². The summed E-state index contributed by atoms with van der Waals surface area (Å²) in [6, 6.07) is 14.6. The summed E-state index contributed by atoms with van der Waals surface area (Å²) in [5.74, 6) is 3.78. The average Bonchev–Trinajstić information content (AvgIpc) is 3.24. The van der Waals surface area contributed by atoms with Gasteiger partial charge < -0.3 is 29.6 Å². The van der Waals surface area contributed by atoms with E-state index in [4.69, 9.17) is 18.9 Å². The zero-order chi connectivity index (χ0) is 40.1. The van der Waals surface area contributed by atoms with Crippen LogP contribution in [0.25, 0.3) is 0 Å². The van der Waals surface area contributed by atoms with E-state index in [0.29, 0.717) is 48.6 Å². The Morgan fingerprint density at radius 1 is 0.655 bits per heavy atom. The number of hydrogen-bond donors (Lipinski definition) is 2. The molecule has 2 saturated carbocycles. The van der Waals surface area contributed by atoms with E-state index >= 15 is 0 Å². The minimum atomic E-state index is -0.738. The number of hydrogen-bond acceptors (Lipinski definition) is 7. The number of carbonyl (C=O) groups is 1. The zero-order valence-corrected chi connectivity index (χ0v) is 36.6. The second-order valence-corrected chi connectivity index (χ2v) is 19.6. The van der Waals surface area contributed by atoms with Crippen molar-refractivity contribution in [2.45, 2.75) is 204 Å². The van der Waals surface area contributed by atoms with Crippen LogP contribution < -0.4 is 20.1 Å². The van der Waals surface area contributed by atoms with Crippen LogP contribution in [0.5, 0.6) is 11.5 Å². The second kappa shape index (κ2) is 18.9. The molecule has 2 aromatic rings. The van der Waals surface area contributed by atoms with Gasteiger partial charge in [0.05, 0.1) is 0 Å². The van der Waals surface area contributed by atoms with Crippen LogP contribution in [0.3, 0.4) is 0 Å². The van der Waals surface area contributed by atoms with Crippen LogP contribution in [0, 0.1) is 23.7 Å². The number of benzene rings is 2. The van der Waals surface area contributed by atoms with E-state index in [1.807, 2.05) is 0 Å². The van der Waals surface area contributed by atoms with Gasteiger partial charge in [-0.1, -0.05) is 117 Å². The van der Waals surface area contributed by atoms with Crippen molar-refractivity contribution >= 4 is 6.16 Å². The molecule has 320 valence electrons. The summed E-state index contributed by atoms with van der Waals surface area (Å²) in [5.41, 5.74) is 6.35. The first kappa shape index (κ1) is 41.9. The lowest BCUT2D eigenvalue weighted by atomic mass is 9.53. The fraction of sp³-hybridized carbons (Fsp3) is 0.745. The Morgan fingerprint density at radius 2 is 1.12 bits per heavy atom. The molecular weight excluding hydrogens is 721 g/mol. The summed E-state index contributed by atoms with van der Waals surface area (Å²) in [4.78, 5) is 14.1. The van der Waals surface area contributed by atoms with Gasteiger partial charge in [-0.25, -0.2) is 4.79 Å². The van der Waals surface area contributed by atoms with E-state index in [2.05, 4.69) is 74.7 Å². The number of ether oxygens (including phenoxy) is 4. The Kier molecular flexibility index (Phi) is 13.6. The van der Waals surface area contributed by atoms with E-state index in [0.717, 1.165) is 88.8 Å². The first-order chi connectivity index (χ1) is 28.4. The molecule has 4 fully saturated rings. The summed E-state index contributed by atoms with van der Waals surface area (Å²) < 4.78 is 26.2. The van der Waals surface area contributed by atoms with Crippen molar-refractivity contribution in [3.63, 3.8) is 0 Å². The molecule has 2 N–H and O–H groups in total. The molecule has 0 aromatic heterocycles. The molecule has 2 aliphatic heterocycles. The highest BCUT2D eigenvalue weighted by Crippen LogP contribution is 2.56. The maximum absolute atomic E-state index is 14.1. The summed E-state index contributed by atoms with van der Waals surface area (Å²) in [7, 11) is 0. The van der Waals surface area contributed by atoms with Gasteiger partial charge in [0.1, 0.15) is 11.5 Å². The number of carbonyl (C=O) groups excluding carboxylic acids is 1. The van der Waals surface area contributed by atoms with Crippen LogP contribution in [-0.2, 0) is 33.1 Å².